The zero-order valence-electron chi connectivity index (χ0n) is 8.45. The molecule has 0 saturated heterocycles. The van der Waals surface area contributed by atoms with E-state index in [1.165, 1.54) is 0 Å². The first-order chi connectivity index (χ1) is 6.20. The van der Waals surface area contributed by atoms with E-state index in [1.807, 2.05) is 4.90 Å². The van der Waals surface area contributed by atoms with Crippen LogP contribution >= 0.6 is 0 Å². The zero-order chi connectivity index (χ0) is 10.1. The van der Waals surface area contributed by atoms with Crippen molar-refractivity contribution < 1.29 is 14.6 Å². The fourth-order valence-electron chi connectivity index (χ4n) is 1.06. The Morgan fingerprint density at radius 3 is 2.62 bits per heavy atom. The summed E-state index contributed by atoms with van der Waals surface area (Å²) in [4.78, 5) is 12.4. The van der Waals surface area contributed by atoms with Crippen LogP contribution in [0.5, 0.6) is 0 Å². The first-order valence-corrected chi connectivity index (χ1v) is 4.63. The quantitative estimate of drug-likeness (QED) is 0.614. The molecule has 0 saturated carbocycles. The van der Waals surface area contributed by atoms with E-state index in [2.05, 4.69) is 6.92 Å². The molecule has 0 unspecified atom stereocenters. The van der Waals surface area contributed by atoms with Crippen LogP contribution in [0.2, 0.25) is 0 Å². The van der Waals surface area contributed by atoms with Gasteiger partial charge in [-0.2, -0.15) is 0 Å². The van der Waals surface area contributed by atoms with Gasteiger partial charge in [0.1, 0.15) is 0 Å². The van der Waals surface area contributed by atoms with Gasteiger partial charge in [-0.1, -0.05) is 13.3 Å². The van der Waals surface area contributed by atoms with Crippen molar-refractivity contribution in [3.05, 3.63) is 0 Å². The fraction of sp³-hybridized carbons (Fsp3) is 0.889. The molecule has 0 atom stereocenters. The highest BCUT2D eigenvalue weighted by Crippen LogP contribution is 1.94. The Bertz CT molecular complexity index is 131. The van der Waals surface area contributed by atoms with Crippen LogP contribution in [0.25, 0.3) is 0 Å². The number of carboxylic acid groups (broad SMARTS) is 1. The van der Waals surface area contributed by atoms with Gasteiger partial charge in [0.05, 0.1) is 13.2 Å². The summed E-state index contributed by atoms with van der Waals surface area (Å²) in [5.41, 5.74) is 0. The van der Waals surface area contributed by atoms with Gasteiger partial charge in [0.25, 0.3) is 0 Å². The summed E-state index contributed by atoms with van der Waals surface area (Å²) < 4.78 is 4.90. The number of unbranched alkanes of at least 4 members (excludes halogenated alkanes) is 1. The summed E-state index contributed by atoms with van der Waals surface area (Å²) in [6.07, 6.45) is 2.13. The summed E-state index contributed by atoms with van der Waals surface area (Å²) >= 11 is 0. The van der Waals surface area contributed by atoms with E-state index in [9.17, 15) is 4.79 Å². The molecule has 0 amide bonds. The van der Waals surface area contributed by atoms with Gasteiger partial charge in [-0.15, -0.1) is 0 Å². The number of rotatable bonds is 8. The van der Waals surface area contributed by atoms with Gasteiger partial charge in [0.15, 0.2) is 0 Å². The standard InChI is InChI=1S/C9H19NO3/c1-3-4-5-10(6-7-13-2)8-9(11)12/h3-8H2,1-2H3,(H,11,12). The summed E-state index contributed by atoms with van der Waals surface area (Å²) in [6.45, 7) is 4.34. The third-order valence-electron chi connectivity index (χ3n) is 1.80. The summed E-state index contributed by atoms with van der Waals surface area (Å²) in [7, 11) is 1.62. The third kappa shape index (κ3) is 7.74. The second-order valence-corrected chi connectivity index (χ2v) is 3.02. The van der Waals surface area contributed by atoms with Crippen molar-refractivity contribution in [2.75, 3.05) is 33.4 Å². The van der Waals surface area contributed by atoms with Gasteiger partial charge in [-0.05, 0) is 13.0 Å². The van der Waals surface area contributed by atoms with E-state index in [-0.39, 0.29) is 6.54 Å². The van der Waals surface area contributed by atoms with E-state index in [0.29, 0.717) is 13.2 Å². The van der Waals surface area contributed by atoms with E-state index >= 15 is 0 Å². The molecule has 0 aliphatic carbocycles. The molecule has 78 valence electrons. The van der Waals surface area contributed by atoms with Crippen LogP contribution < -0.4 is 0 Å². The topological polar surface area (TPSA) is 49.8 Å². The van der Waals surface area contributed by atoms with Crippen molar-refractivity contribution in [1.82, 2.24) is 4.90 Å². The van der Waals surface area contributed by atoms with Gasteiger partial charge < -0.3 is 9.84 Å². The maximum atomic E-state index is 10.5. The Kier molecular flexibility index (Phi) is 7.63. The van der Waals surface area contributed by atoms with Crippen molar-refractivity contribution in [2.45, 2.75) is 19.8 Å². The Morgan fingerprint density at radius 2 is 2.15 bits per heavy atom. The van der Waals surface area contributed by atoms with Crippen molar-refractivity contribution in [3.63, 3.8) is 0 Å². The minimum absolute atomic E-state index is 0.114. The van der Waals surface area contributed by atoms with Crippen molar-refractivity contribution in [1.29, 1.82) is 0 Å². The Labute approximate surface area is 79.5 Å². The molecule has 0 aromatic rings. The zero-order valence-corrected chi connectivity index (χ0v) is 8.45. The molecular formula is C9H19NO3. The van der Waals surface area contributed by atoms with Crippen LogP contribution in [-0.4, -0.2) is 49.3 Å². The van der Waals surface area contributed by atoms with Crippen LogP contribution in [0, 0.1) is 0 Å². The van der Waals surface area contributed by atoms with Crippen molar-refractivity contribution in [2.24, 2.45) is 0 Å². The molecule has 0 heterocycles. The number of hydrogen-bond donors (Lipinski definition) is 1. The predicted molar refractivity (Wildman–Crippen MR) is 50.9 cm³/mol. The average molecular weight is 189 g/mol. The number of carbonyl (C=O) groups is 1. The lowest BCUT2D eigenvalue weighted by molar-refractivity contribution is -0.138. The molecule has 4 nitrogen and oxygen atoms in total. The molecule has 0 aliphatic heterocycles. The number of nitrogens with zero attached hydrogens (tertiary/aromatic N) is 1. The fourth-order valence-corrected chi connectivity index (χ4v) is 1.06. The minimum atomic E-state index is -0.771. The highest BCUT2D eigenvalue weighted by atomic mass is 16.5. The molecule has 0 bridgehead atoms. The average Bonchev–Trinajstić information content (AvgIpc) is 2.09. The van der Waals surface area contributed by atoms with Gasteiger partial charge in [-0.25, -0.2) is 0 Å². The molecule has 0 rings (SSSR count). The molecule has 0 aromatic carbocycles. The maximum Gasteiger partial charge on any atom is 0.317 e. The molecule has 0 fully saturated rings. The number of aliphatic carboxylic acids is 1. The monoisotopic (exact) mass is 189 g/mol. The van der Waals surface area contributed by atoms with Crippen LogP contribution in [0.15, 0.2) is 0 Å². The lowest BCUT2D eigenvalue weighted by atomic mass is 10.3. The van der Waals surface area contributed by atoms with E-state index in [0.717, 1.165) is 19.4 Å². The van der Waals surface area contributed by atoms with Gasteiger partial charge >= 0.3 is 5.97 Å². The second-order valence-electron chi connectivity index (χ2n) is 3.02. The Morgan fingerprint density at radius 1 is 1.46 bits per heavy atom. The molecule has 0 spiro atoms. The molecule has 0 aliphatic rings. The lowest BCUT2D eigenvalue weighted by Crippen LogP contribution is -2.33. The molecule has 13 heavy (non-hydrogen) atoms. The number of ether oxygens (including phenoxy) is 1. The van der Waals surface area contributed by atoms with E-state index in [4.69, 9.17) is 9.84 Å². The maximum absolute atomic E-state index is 10.5. The van der Waals surface area contributed by atoms with Crippen molar-refractivity contribution in [3.8, 4) is 0 Å². The van der Waals surface area contributed by atoms with Crippen LogP contribution in [0.1, 0.15) is 19.8 Å². The number of carboxylic acids is 1. The Hall–Kier alpha value is -0.610. The van der Waals surface area contributed by atoms with Gasteiger partial charge in [-0.3, -0.25) is 9.69 Å². The molecular weight excluding hydrogens is 170 g/mol. The van der Waals surface area contributed by atoms with Crippen LogP contribution in [-0.2, 0) is 9.53 Å². The van der Waals surface area contributed by atoms with E-state index in [1.54, 1.807) is 7.11 Å². The van der Waals surface area contributed by atoms with Crippen molar-refractivity contribution >= 4 is 5.97 Å². The predicted octanol–water partition coefficient (Wildman–Crippen LogP) is 0.820. The van der Waals surface area contributed by atoms with Gasteiger partial charge in [0, 0.05) is 13.7 Å². The molecule has 4 heteroatoms. The first kappa shape index (κ1) is 12.4. The Balaban J connectivity index is 3.66. The number of methoxy groups -OCH3 is 1. The minimum Gasteiger partial charge on any atom is -0.480 e. The van der Waals surface area contributed by atoms with Crippen LogP contribution in [0.4, 0.5) is 0 Å². The summed E-state index contributed by atoms with van der Waals surface area (Å²) in [6, 6.07) is 0. The normalized spacial score (nSPS) is 10.7. The highest BCUT2D eigenvalue weighted by molar-refractivity contribution is 5.69. The third-order valence-corrected chi connectivity index (χ3v) is 1.80. The molecule has 0 aromatic heterocycles. The van der Waals surface area contributed by atoms with Crippen LogP contribution in [0.3, 0.4) is 0 Å². The second kappa shape index (κ2) is 8.01. The van der Waals surface area contributed by atoms with Gasteiger partial charge in [0.2, 0.25) is 0 Å². The smallest absolute Gasteiger partial charge is 0.317 e. The summed E-state index contributed by atoms with van der Waals surface area (Å²) in [5.74, 6) is -0.771. The first-order valence-electron chi connectivity index (χ1n) is 4.63. The lowest BCUT2D eigenvalue weighted by Gasteiger charge is -2.18. The summed E-state index contributed by atoms with van der Waals surface area (Å²) in [5, 5.41) is 8.60. The number of hydrogen-bond acceptors (Lipinski definition) is 3. The van der Waals surface area contributed by atoms with E-state index < -0.39 is 5.97 Å². The molecule has 1 N–H and O–H groups in total. The molecule has 0 radical (unpaired) electrons. The SMILES string of the molecule is CCCCN(CCOC)CC(=O)O. The largest absolute Gasteiger partial charge is 0.480 e. The highest BCUT2D eigenvalue weighted by Gasteiger charge is 2.07.